The van der Waals surface area contributed by atoms with Gasteiger partial charge in [-0.3, -0.25) is 20.2 Å². The van der Waals surface area contributed by atoms with Crippen molar-refractivity contribution in [3.63, 3.8) is 0 Å². The van der Waals surface area contributed by atoms with E-state index in [2.05, 4.69) is 20.4 Å². The summed E-state index contributed by atoms with van der Waals surface area (Å²) in [4.78, 5) is 30.2. The van der Waals surface area contributed by atoms with Crippen LogP contribution >= 0.6 is 11.3 Å². The number of thiophene rings is 1. The zero-order valence-corrected chi connectivity index (χ0v) is 14.8. The van der Waals surface area contributed by atoms with Crippen molar-refractivity contribution in [2.75, 3.05) is 5.32 Å². The van der Waals surface area contributed by atoms with Crippen LogP contribution in [-0.4, -0.2) is 25.0 Å². The molecule has 0 atom stereocenters. The molecule has 140 valence electrons. The van der Waals surface area contributed by atoms with E-state index in [1.165, 1.54) is 24.4 Å². The minimum absolute atomic E-state index is 0.0272. The van der Waals surface area contributed by atoms with Crippen LogP contribution in [0.4, 0.5) is 16.5 Å². The molecule has 4 rings (SSSR count). The van der Waals surface area contributed by atoms with Crippen LogP contribution in [-0.2, 0) is 6.54 Å². The van der Waals surface area contributed by atoms with Gasteiger partial charge in [-0.15, -0.1) is 0 Å². The molecule has 0 aliphatic heterocycles. The summed E-state index contributed by atoms with van der Waals surface area (Å²) in [5.41, 5.74) is 0.632. The normalized spacial score (nSPS) is 10.9. The van der Waals surface area contributed by atoms with E-state index in [4.69, 9.17) is 4.52 Å². The molecule has 0 saturated heterocycles. The fraction of sp³-hybridized carbons (Fsp3) is 0.0625. The lowest BCUT2D eigenvalue weighted by molar-refractivity contribution is -0.384. The Balaban J connectivity index is 1.73. The summed E-state index contributed by atoms with van der Waals surface area (Å²) in [7, 11) is 0. The highest BCUT2D eigenvalue weighted by Gasteiger charge is 2.19. The number of anilines is 1. The molecule has 0 aliphatic carbocycles. The Labute approximate surface area is 159 Å². The second kappa shape index (κ2) is 7.00. The molecule has 0 aliphatic rings. The van der Waals surface area contributed by atoms with Gasteiger partial charge in [0.2, 0.25) is 11.6 Å². The van der Waals surface area contributed by atoms with Crippen LogP contribution < -0.4 is 5.32 Å². The molecule has 3 heterocycles. The molecule has 11 nitrogen and oxygen atoms in total. The fourth-order valence-electron chi connectivity index (χ4n) is 2.54. The highest BCUT2D eigenvalue weighted by Crippen LogP contribution is 2.35. The molecule has 0 fully saturated rings. The van der Waals surface area contributed by atoms with Crippen molar-refractivity contribution in [2.45, 2.75) is 6.54 Å². The standard InChI is InChI=1S/C16H10N6O5S/c23-21(24)10-3-1-2-9(6-10)8-17-14-11-7-13(22(25)26)28-16(11)20-15(19-14)12-4-5-18-27-12/h1-7H,8H2,(H,17,19,20). The number of nitro benzene ring substituents is 1. The fourth-order valence-corrected chi connectivity index (χ4v) is 3.39. The van der Waals surface area contributed by atoms with Crippen molar-refractivity contribution in [3.8, 4) is 11.6 Å². The van der Waals surface area contributed by atoms with Crippen LogP contribution in [0.3, 0.4) is 0 Å². The molecule has 12 heteroatoms. The van der Waals surface area contributed by atoms with Crippen molar-refractivity contribution in [3.05, 3.63) is 68.4 Å². The molecule has 0 amide bonds. The second-order valence-electron chi connectivity index (χ2n) is 5.61. The summed E-state index contributed by atoms with van der Waals surface area (Å²) in [6.07, 6.45) is 1.44. The van der Waals surface area contributed by atoms with Gasteiger partial charge in [-0.25, -0.2) is 9.97 Å². The first-order valence-electron chi connectivity index (χ1n) is 7.85. The van der Waals surface area contributed by atoms with E-state index in [0.29, 0.717) is 27.4 Å². The van der Waals surface area contributed by atoms with E-state index in [1.807, 2.05) is 0 Å². The quantitative estimate of drug-likeness (QED) is 0.378. The lowest BCUT2D eigenvalue weighted by atomic mass is 10.2. The Bertz CT molecular complexity index is 1190. The summed E-state index contributed by atoms with van der Waals surface area (Å²) >= 11 is 0.917. The molecule has 1 N–H and O–H groups in total. The van der Waals surface area contributed by atoms with Crippen LogP contribution in [0.2, 0.25) is 0 Å². The number of rotatable bonds is 6. The van der Waals surface area contributed by atoms with Crippen molar-refractivity contribution in [2.24, 2.45) is 0 Å². The van der Waals surface area contributed by atoms with Crippen LogP contribution in [0, 0.1) is 20.2 Å². The lowest BCUT2D eigenvalue weighted by Gasteiger charge is -2.08. The van der Waals surface area contributed by atoms with Crippen molar-refractivity contribution < 1.29 is 14.4 Å². The number of fused-ring (bicyclic) bond motifs is 1. The van der Waals surface area contributed by atoms with Crippen molar-refractivity contribution >= 4 is 38.1 Å². The van der Waals surface area contributed by atoms with Gasteiger partial charge in [0, 0.05) is 30.8 Å². The molecule has 0 saturated carbocycles. The van der Waals surface area contributed by atoms with E-state index >= 15 is 0 Å². The number of nitrogens with zero attached hydrogens (tertiary/aromatic N) is 5. The monoisotopic (exact) mass is 398 g/mol. The van der Waals surface area contributed by atoms with E-state index < -0.39 is 9.85 Å². The number of nitro groups is 2. The number of non-ortho nitro benzene ring substituents is 1. The zero-order chi connectivity index (χ0) is 19.7. The molecule has 0 bridgehead atoms. The number of hydrogen-bond donors (Lipinski definition) is 1. The van der Waals surface area contributed by atoms with Gasteiger partial charge in [0.1, 0.15) is 10.6 Å². The summed E-state index contributed by atoms with van der Waals surface area (Å²) in [6.45, 7) is 0.229. The van der Waals surface area contributed by atoms with Gasteiger partial charge in [0.25, 0.3) is 5.69 Å². The highest BCUT2D eigenvalue weighted by atomic mass is 32.1. The van der Waals surface area contributed by atoms with Gasteiger partial charge in [-0.2, -0.15) is 0 Å². The van der Waals surface area contributed by atoms with Crippen LogP contribution in [0.25, 0.3) is 21.8 Å². The molecule has 1 aromatic carbocycles. The molecule has 0 radical (unpaired) electrons. The summed E-state index contributed by atoms with van der Waals surface area (Å²) < 4.78 is 5.08. The van der Waals surface area contributed by atoms with Gasteiger partial charge in [-0.1, -0.05) is 17.3 Å². The van der Waals surface area contributed by atoms with Gasteiger partial charge >= 0.3 is 5.00 Å². The van der Waals surface area contributed by atoms with Crippen LogP contribution in [0.15, 0.2) is 47.1 Å². The number of aromatic nitrogens is 3. The predicted octanol–water partition coefficient (Wildman–Crippen LogP) is 3.77. The summed E-state index contributed by atoms with van der Waals surface area (Å²) in [5, 5.41) is 29.2. The number of hydrogen-bond acceptors (Lipinski definition) is 10. The average Bonchev–Trinajstić information content (AvgIpc) is 3.35. The molecular weight excluding hydrogens is 388 g/mol. The first-order valence-corrected chi connectivity index (χ1v) is 8.67. The Morgan fingerprint density at radius 2 is 1.96 bits per heavy atom. The van der Waals surface area contributed by atoms with Gasteiger partial charge < -0.3 is 9.84 Å². The summed E-state index contributed by atoms with van der Waals surface area (Å²) in [5.74, 6) is 0.895. The second-order valence-corrected chi connectivity index (χ2v) is 6.62. The molecule has 3 aromatic heterocycles. The topological polar surface area (TPSA) is 150 Å². The smallest absolute Gasteiger partial charge is 0.326 e. The number of benzene rings is 1. The Hall–Kier alpha value is -3.93. The molecule has 0 spiro atoms. The maximum atomic E-state index is 11.1. The third-order valence-electron chi connectivity index (χ3n) is 3.80. The minimum Gasteiger partial charge on any atom is -0.365 e. The first kappa shape index (κ1) is 17.5. The van der Waals surface area contributed by atoms with Crippen molar-refractivity contribution in [1.29, 1.82) is 0 Å². The highest BCUT2D eigenvalue weighted by molar-refractivity contribution is 7.21. The van der Waals surface area contributed by atoms with Gasteiger partial charge in [0.15, 0.2) is 0 Å². The Morgan fingerprint density at radius 1 is 1.11 bits per heavy atom. The van der Waals surface area contributed by atoms with E-state index in [1.54, 1.807) is 18.2 Å². The number of nitrogens with one attached hydrogen (secondary N) is 1. The molecule has 0 unspecified atom stereocenters. The first-order chi connectivity index (χ1) is 13.5. The minimum atomic E-state index is -0.495. The maximum absolute atomic E-state index is 11.1. The van der Waals surface area contributed by atoms with E-state index in [-0.39, 0.29) is 23.1 Å². The Morgan fingerprint density at radius 3 is 2.68 bits per heavy atom. The maximum Gasteiger partial charge on any atom is 0.326 e. The molecule has 28 heavy (non-hydrogen) atoms. The van der Waals surface area contributed by atoms with Gasteiger partial charge in [-0.05, 0) is 16.9 Å². The lowest BCUT2D eigenvalue weighted by Crippen LogP contribution is -2.04. The average molecular weight is 398 g/mol. The van der Waals surface area contributed by atoms with Crippen LogP contribution in [0.1, 0.15) is 5.56 Å². The largest absolute Gasteiger partial charge is 0.365 e. The van der Waals surface area contributed by atoms with Crippen molar-refractivity contribution in [1.82, 2.24) is 15.1 Å². The Kier molecular flexibility index (Phi) is 4.37. The van der Waals surface area contributed by atoms with E-state index in [9.17, 15) is 20.2 Å². The van der Waals surface area contributed by atoms with Crippen LogP contribution in [0.5, 0.6) is 0 Å². The molecule has 4 aromatic rings. The summed E-state index contributed by atoms with van der Waals surface area (Å²) in [6, 6.07) is 9.12. The third-order valence-corrected chi connectivity index (χ3v) is 4.78. The van der Waals surface area contributed by atoms with Gasteiger partial charge in [0.05, 0.1) is 21.4 Å². The molecular formula is C16H10N6O5S. The SMILES string of the molecule is O=[N+]([O-])c1cccc(CNc2nc(-c3ccno3)nc3sc([N+](=O)[O-])cc23)c1. The third kappa shape index (κ3) is 3.35. The van der Waals surface area contributed by atoms with E-state index in [0.717, 1.165) is 11.3 Å². The predicted molar refractivity (Wildman–Crippen MR) is 100.0 cm³/mol. The zero-order valence-electron chi connectivity index (χ0n) is 13.9.